The summed E-state index contributed by atoms with van der Waals surface area (Å²) >= 11 is 0. The highest BCUT2D eigenvalue weighted by atomic mass is 16.6. The minimum Gasteiger partial charge on any atom is -0.496 e. The minimum absolute atomic E-state index is 0.0475. The maximum atomic E-state index is 10.8. The van der Waals surface area contributed by atoms with Gasteiger partial charge in [0.1, 0.15) is 18.1 Å². The van der Waals surface area contributed by atoms with Gasteiger partial charge in [-0.15, -0.1) is 0 Å². The summed E-state index contributed by atoms with van der Waals surface area (Å²) in [4.78, 5) is 10.3. The van der Waals surface area contributed by atoms with E-state index in [1.54, 1.807) is 13.3 Å². The number of para-hydroxylation sites is 1. The van der Waals surface area contributed by atoms with Crippen LogP contribution in [-0.4, -0.2) is 28.0 Å². The van der Waals surface area contributed by atoms with E-state index in [9.17, 15) is 10.1 Å². The van der Waals surface area contributed by atoms with Gasteiger partial charge in [0.25, 0.3) is 0 Å². The molecule has 2 aromatic carbocycles. The Labute approximate surface area is 149 Å². The summed E-state index contributed by atoms with van der Waals surface area (Å²) in [6.45, 7) is 0.352. The monoisotopic (exact) mass is 351 g/mol. The Balaban J connectivity index is 1.76. The molecule has 0 aliphatic heterocycles. The normalized spacial score (nSPS) is 10.8. The van der Waals surface area contributed by atoms with Crippen molar-refractivity contribution in [3.63, 3.8) is 0 Å². The maximum absolute atomic E-state index is 10.8. The molecule has 3 aromatic rings. The molecule has 8 nitrogen and oxygen atoms in total. The van der Waals surface area contributed by atoms with Gasteiger partial charge < -0.3 is 4.74 Å². The number of nitrogens with one attached hydrogen (secondary N) is 1. The molecular formula is C18H17N5O3. The van der Waals surface area contributed by atoms with Gasteiger partial charge in [-0.3, -0.25) is 20.2 Å². The zero-order valence-corrected chi connectivity index (χ0v) is 14.1. The second-order valence-electron chi connectivity index (χ2n) is 5.46. The van der Waals surface area contributed by atoms with Gasteiger partial charge in [-0.05, 0) is 35.9 Å². The van der Waals surface area contributed by atoms with Crippen molar-refractivity contribution in [3.05, 3.63) is 82.2 Å². The standard InChI is InChI=1S/C18H17N5O3/c1-26-18-8-7-14(10-19-21-16-5-3-2-4-6-16)9-15(18)12-22-13-17(11-20-22)23(24)25/h2-11,13,21H,12H2,1H3/b19-10+. The summed E-state index contributed by atoms with van der Waals surface area (Å²) in [7, 11) is 1.58. The summed E-state index contributed by atoms with van der Waals surface area (Å²) in [6.07, 6.45) is 4.31. The van der Waals surface area contributed by atoms with E-state index in [0.29, 0.717) is 12.3 Å². The van der Waals surface area contributed by atoms with Crippen molar-refractivity contribution in [2.24, 2.45) is 5.10 Å². The van der Waals surface area contributed by atoms with Gasteiger partial charge >= 0.3 is 5.69 Å². The Morgan fingerprint density at radius 1 is 1.31 bits per heavy atom. The van der Waals surface area contributed by atoms with Crippen LogP contribution in [0.25, 0.3) is 0 Å². The van der Waals surface area contributed by atoms with E-state index >= 15 is 0 Å². The molecule has 26 heavy (non-hydrogen) atoms. The molecule has 0 radical (unpaired) electrons. The molecule has 1 N–H and O–H groups in total. The number of nitrogens with zero attached hydrogens (tertiary/aromatic N) is 4. The molecule has 0 aliphatic rings. The average molecular weight is 351 g/mol. The minimum atomic E-state index is -0.473. The van der Waals surface area contributed by atoms with Crippen LogP contribution >= 0.6 is 0 Å². The number of anilines is 1. The molecule has 0 amide bonds. The van der Waals surface area contributed by atoms with Crippen LogP contribution in [-0.2, 0) is 6.54 Å². The lowest BCUT2D eigenvalue weighted by Gasteiger charge is -2.09. The van der Waals surface area contributed by atoms with E-state index in [0.717, 1.165) is 16.8 Å². The van der Waals surface area contributed by atoms with Crippen molar-refractivity contribution in [2.75, 3.05) is 12.5 Å². The Bertz CT molecular complexity index is 922. The van der Waals surface area contributed by atoms with Crippen molar-refractivity contribution in [1.82, 2.24) is 9.78 Å². The van der Waals surface area contributed by atoms with E-state index in [2.05, 4.69) is 15.6 Å². The molecule has 8 heteroatoms. The predicted octanol–water partition coefficient (Wildman–Crippen LogP) is 3.29. The molecule has 3 rings (SSSR count). The second-order valence-corrected chi connectivity index (χ2v) is 5.46. The van der Waals surface area contributed by atoms with Crippen LogP contribution in [0, 0.1) is 10.1 Å². The fourth-order valence-corrected chi connectivity index (χ4v) is 2.40. The first-order chi connectivity index (χ1) is 12.7. The topological polar surface area (TPSA) is 94.6 Å². The van der Waals surface area contributed by atoms with Gasteiger partial charge in [-0.1, -0.05) is 18.2 Å². The van der Waals surface area contributed by atoms with Crippen LogP contribution in [0.15, 0.2) is 66.0 Å². The first-order valence-corrected chi connectivity index (χ1v) is 7.83. The van der Waals surface area contributed by atoms with E-state index in [4.69, 9.17) is 4.74 Å². The molecule has 132 valence electrons. The van der Waals surface area contributed by atoms with Crippen LogP contribution < -0.4 is 10.2 Å². The molecule has 0 aliphatic carbocycles. The van der Waals surface area contributed by atoms with Gasteiger partial charge in [0, 0.05) is 5.56 Å². The van der Waals surface area contributed by atoms with Gasteiger partial charge in [0.15, 0.2) is 0 Å². The van der Waals surface area contributed by atoms with E-state index < -0.39 is 4.92 Å². The summed E-state index contributed by atoms with van der Waals surface area (Å²) in [5.74, 6) is 0.677. The molecule has 1 heterocycles. The largest absolute Gasteiger partial charge is 0.496 e. The number of hydrogen-bond acceptors (Lipinski definition) is 6. The molecule has 0 bridgehead atoms. The van der Waals surface area contributed by atoms with Gasteiger partial charge in [0.2, 0.25) is 0 Å². The van der Waals surface area contributed by atoms with Crippen molar-refractivity contribution >= 4 is 17.6 Å². The van der Waals surface area contributed by atoms with Crippen LogP contribution in [0.2, 0.25) is 0 Å². The number of ether oxygens (including phenoxy) is 1. The lowest BCUT2D eigenvalue weighted by Crippen LogP contribution is -2.03. The highest BCUT2D eigenvalue weighted by molar-refractivity contribution is 5.81. The lowest BCUT2D eigenvalue weighted by atomic mass is 10.1. The van der Waals surface area contributed by atoms with Crippen molar-refractivity contribution < 1.29 is 9.66 Å². The number of methoxy groups -OCH3 is 1. The molecule has 0 unspecified atom stereocenters. The Morgan fingerprint density at radius 3 is 2.81 bits per heavy atom. The SMILES string of the molecule is COc1ccc(/C=N/Nc2ccccc2)cc1Cn1cc([N+](=O)[O-])cn1. The highest BCUT2D eigenvalue weighted by Gasteiger charge is 2.11. The van der Waals surface area contributed by atoms with Crippen molar-refractivity contribution in [3.8, 4) is 5.75 Å². The zero-order chi connectivity index (χ0) is 18.4. The number of benzene rings is 2. The number of rotatable bonds is 7. The first-order valence-electron chi connectivity index (χ1n) is 7.83. The van der Waals surface area contributed by atoms with Crippen LogP contribution in [0.4, 0.5) is 11.4 Å². The van der Waals surface area contributed by atoms with Crippen LogP contribution in [0.1, 0.15) is 11.1 Å². The van der Waals surface area contributed by atoms with E-state index in [-0.39, 0.29) is 5.69 Å². The molecular weight excluding hydrogens is 334 g/mol. The van der Waals surface area contributed by atoms with E-state index in [1.165, 1.54) is 17.1 Å². The maximum Gasteiger partial charge on any atom is 0.307 e. The fourth-order valence-electron chi connectivity index (χ4n) is 2.40. The second kappa shape index (κ2) is 7.93. The predicted molar refractivity (Wildman–Crippen MR) is 98.6 cm³/mol. The number of aromatic nitrogens is 2. The molecule has 0 atom stereocenters. The Morgan fingerprint density at radius 2 is 2.12 bits per heavy atom. The quantitative estimate of drug-likeness (QED) is 0.400. The molecule has 0 saturated heterocycles. The summed E-state index contributed by atoms with van der Waals surface area (Å²) in [5, 5.41) is 19.0. The van der Waals surface area contributed by atoms with Gasteiger partial charge in [0.05, 0.1) is 30.5 Å². The summed E-state index contributed by atoms with van der Waals surface area (Å²) in [6, 6.07) is 15.2. The molecule has 0 spiro atoms. The summed E-state index contributed by atoms with van der Waals surface area (Å²) in [5.41, 5.74) is 5.50. The third-order valence-corrected chi connectivity index (χ3v) is 3.65. The van der Waals surface area contributed by atoms with E-state index in [1.807, 2.05) is 48.5 Å². The first kappa shape index (κ1) is 17.2. The third-order valence-electron chi connectivity index (χ3n) is 3.65. The lowest BCUT2D eigenvalue weighted by molar-refractivity contribution is -0.385. The number of nitro groups is 1. The zero-order valence-electron chi connectivity index (χ0n) is 14.1. The number of hydrazone groups is 1. The van der Waals surface area contributed by atoms with Gasteiger partial charge in [-0.2, -0.15) is 10.2 Å². The highest BCUT2D eigenvalue weighted by Crippen LogP contribution is 2.21. The van der Waals surface area contributed by atoms with Crippen molar-refractivity contribution in [2.45, 2.75) is 6.54 Å². The average Bonchev–Trinajstić information content (AvgIpc) is 3.12. The summed E-state index contributed by atoms with van der Waals surface area (Å²) < 4.78 is 6.86. The molecule has 1 aromatic heterocycles. The Hall–Kier alpha value is -3.68. The molecule has 0 saturated carbocycles. The van der Waals surface area contributed by atoms with Gasteiger partial charge in [-0.25, -0.2) is 0 Å². The third kappa shape index (κ3) is 4.23. The molecule has 0 fully saturated rings. The fraction of sp³-hybridized carbons (Fsp3) is 0.111. The van der Waals surface area contributed by atoms with Crippen LogP contribution in [0.3, 0.4) is 0 Å². The smallest absolute Gasteiger partial charge is 0.307 e. The van der Waals surface area contributed by atoms with Crippen molar-refractivity contribution in [1.29, 1.82) is 0 Å². The number of hydrogen-bond donors (Lipinski definition) is 1. The van der Waals surface area contributed by atoms with Crippen LogP contribution in [0.5, 0.6) is 5.75 Å². The Kier molecular flexibility index (Phi) is 5.23.